The number of amides is 1. The molecule has 0 aromatic carbocycles. The van der Waals surface area contributed by atoms with Crippen molar-refractivity contribution in [3.63, 3.8) is 0 Å². The van der Waals surface area contributed by atoms with E-state index in [1.165, 1.54) is 0 Å². The molecule has 1 N–H and O–H groups in total. The van der Waals surface area contributed by atoms with Gasteiger partial charge in [-0.2, -0.15) is 5.10 Å². The predicted octanol–water partition coefficient (Wildman–Crippen LogP) is 3.04. The number of nitrogens with one attached hydrogen (secondary N) is 1. The molecule has 4 heterocycles. The Morgan fingerprint density at radius 2 is 2.12 bits per heavy atom. The van der Waals surface area contributed by atoms with E-state index in [9.17, 15) is 4.79 Å². The van der Waals surface area contributed by atoms with E-state index in [2.05, 4.69) is 15.2 Å². The van der Waals surface area contributed by atoms with Crippen LogP contribution in [0.3, 0.4) is 0 Å². The Kier molecular flexibility index (Phi) is 3.59. The van der Waals surface area contributed by atoms with Crippen LogP contribution in [0.5, 0.6) is 0 Å². The molecule has 24 heavy (non-hydrogen) atoms. The number of piperidine rings is 1. The third kappa shape index (κ3) is 2.48. The van der Waals surface area contributed by atoms with E-state index in [-0.39, 0.29) is 11.9 Å². The van der Waals surface area contributed by atoms with Crippen LogP contribution in [-0.2, 0) is 0 Å². The molecule has 1 amide bonds. The zero-order valence-corrected chi connectivity index (χ0v) is 14.0. The highest BCUT2D eigenvalue weighted by atomic mass is 16.2. The van der Waals surface area contributed by atoms with Crippen molar-refractivity contribution in [3.8, 4) is 0 Å². The Balaban J connectivity index is 1.69. The number of aromatic nitrogens is 4. The summed E-state index contributed by atoms with van der Waals surface area (Å²) in [5.41, 5.74) is 4.59. The fourth-order valence-electron chi connectivity index (χ4n) is 3.52. The number of carbonyl (C=O) groups is 1. The largest absolute Gasteiger partial charge is 0.329 e. The number of pyridine rings is 1. The van der Waals surface area contributed by atoms with Gasteiger partial charge in [0.1, 0.15) is 11.3 Å². The normalized spacial score (nSPS) is 18.2. The third-order valence-corrected chi connectivity index (χ3v) is 4.78. The predicted molar refractivity (Wildman–Crippen MR) is 90.9 cm³/mol. The summed E-state index contributed by atoms with van der Waals surface area (Å²) < 4.78 is 1.92. The molecular weight excluding hydrogens is 302 g/mol. The molecular formula is C18H21N5O. The maximum Gasteiger partial charge on any atom is 0.274 e. The Bertz CT molecular complexity index is 894. The summed E-state index contributed by atoms with van der Waals surface area (Å²) in [6, 6.07) is 4.01. The second-order valence-corrected chi connectivity index (χ2v) is 6.57. The monoisotopic (exact) mass is 323 g/mol. The number of aromatic amines is 1. The van der Waals surface area contributed by atoms with Crippen molar-refractivity contribution in [2.75, 3.05) is 6.54 Å². The molecule has 4 rings (SSSR count). The van der Waals surface area contributed by atoms with Crippen molar-refractivity contribution in [1.29, 1.82) is 0 Å². The van der Waals surface area contributed by atoms with E-state index in [1.54, 1.807) is 0 Å². The van der Waals surface area contributed by atoms with Gasteiger partial charge in [0.05, 0.1) is 17.9 Å². The molecule has 0 saturated carbocycles. The molecule has 0 radical (unpaired) electrons. The zero-order chi connectivity index (χ0) is 16.7. The number of H-pyrrole nitrogens is 1. The number of fused-ring (bicyclic) bond motifs is 1. The summed E-state index contributed by atoms with van der Waals surface area (Å²) in [6.07, 6.45) is 8.75. The molecule has 124 valence electrons. The second kappa shape index (κ2) is 5.78. The molecule has 6 nitrogen and oxygen atoms in total. The van der Waals surface area contributed by atoms with E-state index < -0.39 is 0 Å². The van der Waals surface area contributed by atoms with Gasteiger partial charge in [-0.1, -0.05) is 6.07 Å². The van der Waals surface area contributed by atoms with Crippen molar-refractivity contribution in [1.82, 2.24) is 24.5 Å². The average molecular weight is 323 g/mol. The van der Waals surface area contributed by atoms with Crippen LogP contribution in [0.2, 0.25) is 0 Å². The van der Waals surface area contributed by atoms with Gasteiger partial charge in [-0.15, -0.1) is 0 Å². The maximum atomic E-state index is 13.1. The number of hydrogen-bond donors (Lipinski definition) is 1. The first-order valence-electron chi connectivity index (χ1n) is 8.39. The van der Waals surface area contributed by atoms with Crippen LogP contribution in [0, 0.1) is 13.8 Å². The molecule has 1 atom stereocenters. The highest BCUT2D eigenvalue weighted by molar-refractivity contribution is 5.93. The van der Waals surface area contributed by atoms with E-state index >= 15 is 0 Å². The van der Waals surface area contributed by atoms with E-state index in [0.717, 1.165) is 48.3 Å². The number of likely N-dealkylation sites (tertiary alicyclic amines) is 1. The highest BCUT2D eigenvalue weighted by Crippen LogP contribution is 2.32. The van der Waals surface area contributed by atoms with Crippen molar-refractivity contribution in [2.24, 2.45) is 0 Å². The standard InChI is InChI=1S/C18H21N5O/c1-12-6-7-16-20-14(11-22(16)10-12)18(24)23-8-4-3-5-15(23)17-13(2)9-19-21-17/h6-7,9-11,15H,3-5,8H2,1-2H3,(H,19,21)/t15-/m1/s1. The minimum absolute atomic E-state index is 0.00458. The summed E-state index contributed by atoms with van der Waals surface area (Å²) in [5.74, 6) is -0.00458. The molecule has 3 aromatic heterocycles. The van der Waals surface area contributed by atoms with E-state index in [4.69, 9.17) is 0 Å². The maximum absolute atomic E-state index is 13.1. The molecule has 1 aliphatic rings. The lowest BCUT2D eigenvalue weighted by Gasteiger charge is -2.35. The van der Waals surface area contributed by atoms with Gasteiger partial charge in [-0.3, -0.25) is 9.89 Å². The first-order chi connectivity index (χ1) is 11.6. The number of nitrogens with zero attached hydrogens (tertiary/aromatic N) is 4. The summed E-state index contributed by atoms with van der Waals surface area (Å²) in [5, 5.41) is 7.20. The number of imidazole rings is 1. The van der Waals surface area contributed by atoms with Crippen LogP contribution in [0.4, 0.5) is 0 Å². The fourth-order valence-corrected chi connectivity index (χ4v) is 3.52. The lowest BCUT2D eigenvalue weighted by molar-refractivity contribution is 0.0600. The Hall–Kier alpha value is -2.63. The smallest absolute Gasteiger partial charge is 0.274 e. The van der Waals surface area contributed by atoms with E-state index in [0.29, 0.717) is 5.69 Å². The Morgan fingerprint density at radius 3 is 2.92 bits per heavy atom. The van der Waals surface area contributed by atoms with Crippen molar-refractivity contribution in [2.45, 2.75) is 39.2 Å². The second-order valence-electron chi connectivity index (χ2n) is 6.57. The van der Waals surface area contributed by atoms with Crippen molar-refractivity contribution in [3.05, 3.63) is 53.2 Å². The zero-order valence-electron chi connectivity index (χ0n) is 14.0. The Labute approximate surface area is 140 Å². The van der Waals surface area contributed by atoms with Gasteiger partial charge < -0.3 is 9.30 Å². The molecule has 0 aliphatic carbocycles. The van der Waals surface area contributed by atoms with Crippen molar-refractivity contribution < 1.29 is 4.79 Å². The van der Waals surface area contributed by atoms with Gasteiger partial charge in [0.15, 0.2) is 0 Å². The van der Waals surface area contributed by atoms with Crippen molar-refractivity contribution >= 4 is 11.6 Å². The van der Waals surface area contributed by atoms with Gasteiger partial charge in [0.2, 0.25) is 0 Å². The topological polar surface area (TPSA) is 66.3 Å². The summed E-state index contributed by atoms with van der Waals surface area (Å²) in [6.45, 7) is 4.82. The molecule has 0 spiro atoms. The molecule has 6 heteroatoms. The molecule has 3 aromatic rings. The van der Waals surface area contributed by atoms with Crippen LogP contribution in [0.15, 0.2) is 30.7 Å². The van der Waals surface area contributed by atoms with Crippen LogP contribution in [0.1, 0.15) is 52.6 Å². The molecule has 1 aliphatic heterocycles. The first-order valence-corrected chi connectivity index (χ1v) is 8.39. The average Bonchev–Trinajstić information content (AvgIpc) is 3.19. The number of aryl methyl sites for hydroxylation is 2. The van der Waals surface area contributed by atoms with E-state index in [1.807, 2.05) is 53.9 Å². The Morgan fingerprint density at radius 1 is 1.25 bits per heavy atom. The highest BCUT2D eigenvalue weighted by Gasteiger charge is 2.31. The summed E-state index contributed by atoms with van der Waals surface area (Å²) in [4.78, 5) is 19.5. The first kappa shape index (κ1) is 14.9. The number of rotatable bonds is 2. The SMILES string of the molecule is Cc1ccc2nc(C(=O)N3CCCC[C@@H]3c3[nH]ncc3C)cn2c1. The van der Waals surface area contributed by atoms with Gasteiger partial charge >= 0.3 is 0 Å². The van der Waals surface area contributed by atoms with Crippen LogP contribution in [-0.4, -0.2) is 36.9 Å². The molecule has 0 bridgehead atoms. The van der Waals surface area contributed by atoms with Crippen LogP contribution < -0.4 is 0 Å². The molecule has 1 fully saturated rings. The van der Waals surface area contributed by atoms with Gasteiger partial charge in [0.25, 0.3) is 5.91 Å². The van der Waals surface area contributed by atoms with Crippen LogP contribution >= 0.6 is 0 Å². The summed E-state index contributed by atoms with van der Waals surface area (Å²) in [7, 11) is 0. The van der Waals surface area contributed by atoms with Crippen LogP contribution in [0.25, 0.3) is 5.65 Å². The molecule has 1 saturated heterocycles. The lowest BCUT2D eigenvalue weighted by Crippen LogP contribution is -2.39. The summed E-state index contributed by atoms with van der Waals surface area (Å²) >= 11 is 0. The molecule has 0 unspecified atom stereocenters. The third-order valence-electron chi connectivity index (χ3n) is 4.78. The number of hydrogen-bond acceptors (Lipinski definition) is 3. The fraction of sp³-hybridized carbons (Fsp3) is 0.389. The number of carbonyl (C=O) groups excluding carboxylic acids is 1. The van der Waals surface area contributed by atoms with Gasteiger partial charge in [-0.05, 0) is 50.3 Å². The minimum atomic E-state index is -0.00458. The quantitative estimate of drug-likeness (QED) is 0.788. The van der Waals surface area contributed by atoms with Gasteiger partial charge in [0, 0.05) is 18.9 Å². The minimum Gasteiger partial charge on any atom is -0.329 e. The van der Waals surface area contributed by atoms with Gasteiger partial charge in [-0.25, -0.2) is 4.98 Å². The lowest BCUT2D eigenvalue weighted by atomic mass is 9.97.